The van der Waals surface area contributed by atoms with E-state index >= 15 is 0 Å². The molecular weight excluding hydrogens is 506 g/mol. The summed E-state index contributed by atoms with van der Waals surface area (Å²) >= 11 is 3.42. The predicted octanol–water partition coefficient (Wildman–Crippen LogP) is 4.53. The summed E-state index contributed by atoms with van der Waals surface area (Å²) in [5.74, 6) is 0.504. The molecule has 0 unspecified atom stereocenters. The maximum absolute atomic E-state index is 12.7. The van der Waals surface area contributed by atoms with Gasteiger partial charge in [0.15, 0.2) is 23.2 Å². The lowest BCUT2D eigenvalue weighted by molar-refractivity contribution is -0.114. The Labute approximate surface area is 203 Å². The van der Waals surface area contributed by atoms with Gasteiger partial charge in [-0.1, -0.05) is 6.07 Å². The minimum atomic E-state index is -0.591. The number of methoxy groups -OCH3 is 1. The average Bonchev–Trinajstić information content (AvgIpc) is 3.19. The fourth-order valence-electron chi connectivity index (χ4n) is 3.30. The quantitative estimate of drug-likeness (QED) is 0.335. The van der Waals surface area contributed by atoms with Crippen LogP contribution in [0, 0.1) is 5.41 Å². The van der Waals surface area contributed by atoms with Gasteiger partial charge in [0.1, 0.15) is 11.5 Å². The van der Waals surface area contributed by atoms with Crippen LogP contribution in [-0.4, -0.2) is 42.3 Å². The highest BCUT2D eigenvalue weighted by atomic mass is 79.9. The molecule has 0 spiro atoms. The van der Waals surface area contributed by atoms with E-state index in [2.05, 4.69) is 20.9 Å². The van der Waals surface area contributed by atoms with Crippen molar-refractivity contribution >= 4 is 45.6 Å². The summed E-state index contributed by atoms with van der Waals surface area (Å²) in [6, 6.07) is 9.86. The molecule has 0 saturated carbocycles. The van der Waals surface area contributed by atoms with E-state index < -0.39 is 11.9 Å². The Morgan fingerprint density at radius 1 is 1.29 bits per heavy atom. The van der Waals surface area contributed by atoms with Crippen LogP contribution in [0.15, 0.2) is 63.3 Å². The first-order chi connectivity index (χ1) is 16.3. The number of amides is 1. The summed E-state index contributed by atoms with van der Waals surface area (Å²) < 4.78 is 16.9. The van der Waals surface area contributed by atoms with Crippen molar-refractivity contribution in [3.05, 3.63) is 69.4 Å². The Balaban J connectivity index is 1.66. The molecule has 2 aromatic carbocycles. The van der Waals surface area contributed by atoms with E-state index in [0.29, 0.717) is 33.7 Å². The zero-order chi connectivity index (χ0) is 24.4. The summed E-state index contributed by atoms with van der Waals surface area (Å²) in [5, 5.41) is 9.56. The molecule has 34 heavy (non-hydrogen) atoms. The highest BCUT2D eigenvalue weighted by Gasteiger charge is 2.34. The van der Waals surface area contributed by atoms with Crippen molar-refractivity contribution in [3.63, 3.8) is 0 Å². The number of amidine groups is 2. The van der Waals surface area contributed by atoms with Crippen molar-refractivity contribution in [3.8, 4) is 17.2 Å². The van der Waals surface area contributed by atoms with Gasteiger partial charge >= 0.3 is 5.97 Å². The van der Waals surface area contributed by atoms with Gasteiger partial charge in [0.05, 0.1) is 29.3 Å². The first-order valence-corrected chi connectivity index (χ1v) is 11.0. The third-order valence-electron chi connectivity index (χ3n) is 4.82. The number of ether oxygens (including phenoxy) is 3. The SMILES string of the molecule is CCOc1cc(/C=C2\C(=N)N3OC(C)=CC3=NC2=O)cc(Br)c1OC(=O)c1cccc(OC)c1. The standard InChI is InChI=1S/C24H20BrN3O6/c1-4-32-19-11-14(9-17-22(26)28-20(27-23(17)29)8-13(2)34-28)10-18(25)21(19)33-24(30)15-6-5-7-16(12-15)31-3/h5-12,26H,4H2,1-3H3/b17-9+,26-22?. The number of aliphatic imine (C=N–C) groups is 1. The number of benzene rings is 2. The summed E-state index contributed by atoms with van der Waals surface area (Å²) in [7, 11) is 1.51. The first-order valence-electron chi connectivity index (χ1n) is 10.2. The molecule has 0 bridgehead atoms. The van der Waals surface area contributed by atoms with Crippen LogP contribution in [0.25, 0.3) is 6.08 Å². The molecule has 1 N–H and O–H groups in total. The van der Waals surface area contributed by atoms with Gasteiger partial charge in [0.25, 0.3) is 5.91 Å². The molecule has 4 rings (SSSR count). The fourth-order valence-corrected chi connectivity index (χ4v) is 3.84. The van der Waals surface area contributed by atoms with Crippen molar-refractivity contribution in [1.82, 2.24) is 5.06 Å². The van der Waals surface area contributed by atoms with Crippen LogP contribution in [-0.2, 0) is 9.63 Å². The number of nitrogens with zero attached hydrogens (tertiary/aromatic N) is 2. The van der Waals surface area contributed by atoms with Crippen LogP contribution in [0.5, 0.6) is 17.2 Å². The Morgan fingerprint density at radius 2 is 2.09 bits per heavy atom. The molecule has 2 aliphatic heterocycles. The lowest BCUT2D eigenvalue weighted by atomic mass is 10.1. The predicted molar refractivity (Wildman–Crippen MR) is 128 cm³/mol. The maximum atomic E-state index is 12.7. The smallest absolute Gasteiger partial charge is 0.343 e. The average molecular weight is 526 g/mol. The van der Waals surface area contributed by atoms with Gasteiger partial charge in [-0.15, -0.1) is 5.06 Å². The van der Waals surface area contributed by atoms with Crippen LogP contribution in [0.2, 0.25) is 0 Å². The molecule has 0 aliphatic carbocycles. The first kappa shape index (κ1) is 23.2. The summed E-state index contributed by atoms with van der Waals surface area (Å²) in [6.07, 6.45) is 3.08. The summed E-state index contributed by atoms with van der Waals surface area (Å²) in [5.41, 5.74) is 0.888. The topological polar surface area (TPSA) is 111 Å². The molecular formula is C24H20BrN3O6. The van der Waals surface area contributed by atoms with Gasteiger partial charge in [-0.2, -0.15) is 4.99 Å². The van der Waals surface area contributed by atoms with E-state index in [-0.39, 0.29) is 28.7 Å². The van der Waals surface area contributed by atoms with Crippen molar-refractivity contribution in [1.29, 1.82) is 5.41 Å². The normalized spacial score (nSPS) is 16.0. The van der Waals surface area contributed by atoms with Gasteiger partial charge in [-0.25, -0.2) is 4.79 Å². The second-order valence-electron chi connectivity index (χ2n) is 7.21. The lowest BCUT2D eigenvalue weighted by Gasteiger charge is -2.23. The van der Waals surface area contributed by atoms with E-state index in [0.717, 1.165) is 0 Å². The molecule has 174 valence electrons. The van der Waals surface area contributed by atoms with Gasteiger partial charge in [0, 0.05) is 6.08 Å². The van der Waals surface area contributed by atoms with Crippen LogP contribution in [0.3, 0.4) is 0 Å². The number of nitrogens with one attached hydrogen (secondary N) is 1. The third kappa shape index (κ3) is 4.58. The molecule has 9 nitrogen and oxygen atoms in total. The van der Waals surface area contributed by atoms with E-state index in [9.17, 15) is 9.59 Å². The Bertz CT molecular complexity index is 1300. The lowest BCUT2D eigenvalue weighted by Crippen LogP contribution is -2.38. The highest BCUT2D eigenvalue weighted by molar-refractivity contribution is 9.10. The zero-order valence-corrected chi connectivity index (χ0v) is 20.1. The molecule has 2 aliphatic rings. The van der Waals surface area contributed by atoms with E-state index in [1.54, 1.807) is 56.3 Å². The number of esters is 1. The maximum Gasteiger partial charge on any atom is 0.343 e. The van der Waals surface area contributed by atoms with Gasteiger partial charge < -0.3 is 19.0 Å². The monoisotopic (exact) mass is 525 g/mol. The van der Waals surface area contributed by atoms with Gasteiger partial charge in [0.2, 0.25) is 0 Å². The van der Waals surface area contributed by atoms with Crippen LogP contribution >= 0.6 is 15.9 Å². The Hall–Kier alpha value is -3.92. The second-order valence-corrected chi connectivity index (χ2v) is 8.06. The third-order valence-corrected chi connectivity index (χ3v) is 5.41. The molecule has 0 aromatic heterocycles. The number of rotatable bonds is 6. The molecule has 0 radical (unpaired) electrons. The molecule has 0 saturated heterocycles. The number of halogens is 1. The summed E-state index contributed by atoms with van der Waals surface area (Å²) in [4.78, 5) is 34.7. The molecule has 1 amide bonds. The molecule has 0 fully saturated rings. The number of hydrogen-bond donors (Lipinski definition) is 1. The van der Waals surface area contributed by atoms with Crippen molar-refractivity contribution in [2.75, 3.05) is 13.7 Å². The fraction of sp³-hybridized carbons (Fsp3) is 0.167. The van der Waals surface area contributed by atoms with Gasteiger partial charge in [-0.3, -0.25) is 10.2 Å². The number of carbonyl (C=O) groups excluding carboxylic acids is 2. The summed E-state index contributed by atoms with van der Waals surface area (Å²) in [6.45, 7) is 3.81. The zero-order valence-electron chi connectivity index (χ0n) is 18.5. The highest BCUT2D eigenvalue weighted by Crippen LogP contribution is 2.38. The van der Waals surface area contributed by atoms with Crippen LogP contribution in [0.1, 0.15) is 29.8 Å². The molecule has 2 heterocycles. The molecule has 0 atom stereocenters. The van der Waals surface area contributed by atoms with Crippen molar-refractivity contribution in [2.24, 2.45) is 4.99 Å². The van der Waals surface area contributed by atoms with E-state index in [1.165, 1.54) is 18.2 Å². The van der Waals surface area contributed by atoms with E-state index in [1.807, 2.05) is 0 Å². The van der Waals surface area contributed by atoms with Crippen LogP contribution in [0.4, 0.5) is 0 Å². The second kappa shape index (κ2) is 9.52. The Kier molecular flexibility index (Phi) is 6.51. The molecule has 10 heteroatoms. The minimum Gasteiger partial charge on any atom is -0.497 e. The van der Waals surface area contributed by atoms with Crippen molar-refractivity contribution < 1.29 is 28.6 Å². The number of hydroxylamine groups is 2. The number of fused-ring (bicyclic) bond motifs is 1. The largest absolute Gasteiger partial charge is 0.497 e. The number of carbonyl (C=O) groups is 2. The Morgan fingerprint density at radius 3 is 2.82 bits per heavy atom. The molecule has 2 aromatic rings. The van der Waals surface area contributed by atoms with Crippen LogP contribution < -0.4 is 14.2 Å². The number of hydrogen-bond acceptors (Lipinski definition) is 7. The van der Waals surface area contributed by atoms with Crippen molar-refractivity contribution in [2.45, 2.75) is 13.8 Å². The van der Waals surface area contributed by atoms with E-state index in [4.69, 9.17) is 24.5 Å². The number of allylic oxidation sites excluding steroid dienone is 1. The minimum absolute atomic E-state index is 0.0438. The van der Waals surface area contributed by atoms with Gasteiger partial charge in [-0.05, 0) is 71.7 Å².